The van der Waals surface area contributed by atoms with Gasteiger partial charge in [0.2, 0.25) is 5.69 Å². The Bertz CT molecular complexity index is 949. The van der Waals surface area contributed by atoms with E-state index in [1.165, 1.54) is 5.56 Å². The van der Waals surface area contributed by atoms with Gasteiger partial charge >= 0.3 is 0 Å². The van der Waals surface area contributed by atoms with Crippen molar-refractivity contribution in [2.45, 2.75) is 44.5 Å². The molecule has 0 amide bonds. The summed E-state index contributed by atoms with van der Waals surface area (Å²) in [6.45, 7) is 11.2. The van der Waals surface area contributed by atoms with Crippen LogP contribution in [0.25, 0.3) is 4.85 Å². The Labute approximate surface area is 163 Å². The summed E-state index contributed by atoms with van der Waals surface area (Å²) in [6, 6.07) is 11.3. The number of hydrogen-bond donors (Lipinski definition) is 0. The Morgan fingerprint density at radius 3 is 2.93 bits per heavy atom. The summed E-state index contributed by atoms with van der Waals surface area (Å²) in [7, 11) is 0. The quantitative estimate of drug-likeness (QED) is 0.506. The number of alkyl halides is 1. The van der Waals surface area contributed by atoms with Gasteiger partial charge in [-0.3, -0.25) is 0 Å². The number of ether oxygens (including phenoxy) is 2. The van der Waals surface area contributed by atoms with E-state index < -0.39 is 6.29 Å². The van der Waals surface area contributed by atoms with Crippen LogP contribution in [0.3, 0.4) is 0 Å². The van der Waals surface area contributed by atoms with Gasteiger partial charge in [0.1, 0.15) is 5.75 Å². The van der Waals surface area contributed by atoms with Gasteiger partial charge in [0, 0.05) is 11.1 Å². The Morgan fingerprint density at radius 1 is 1.30 bits per heavy atom. The van der Waals surface area contributed by atoms with Crippen molar-refractivity contribution in [3.05, 3.63) is 70.1 Å². The molecule has 2 aliphatic rings. The number of hydrogen-bond acceptors (Lipinski definition) is 4. The molecule has 0 fully saturated rings. The van der Waals surface area contributed by atoms with Crippen molar-refractivity contribution in [3.8, 4) is 5.75 Å². The molecule has 27 heavy (non-hydrogen) atoms. The molecule has 1 aliphatic carbocycles. The van der Waals surface area contributed by atoms with E-state index in [4.69, 9.17) is 32.5 Å². The molecule has 4 rings (SSSR count). The van der Waals surface area contributed by atoms with Crippen LogP contribution in [0.4, 0.5) is 5.69 Å². The summed E-state index contributed by atoms with van der Waals surface area (Å²) in [5.74, 6) is 1.01. The fraction of sp³-hybridized carbons (Fsp3) is 0.333. The molecule has 138 valence electrons. The maximum atomic E-state index is 7.40. The van der Waals surface area contributed by atoms with Gasteiger partial charge in [-0.25, -0.2) is 4.85 Å². The number of oxime groups is 1. The third kappa shape index (κ3) is 3.33. The molecule has 5 nitrogen and oxygen atoms in total. The second-order valence-electron chi connectivity index (χ2n) is 6.84. The zero-order chi connectivity index (χ0) is 19.0. The molecule has 0 spiro atoms. The minimum atomic E-state index is -0.683. The number of rotatable bonds is 4. The third-order valence-electron chi connectivity index (χ3n) is 4.62. The third-order valence-corrected chi connectivity index (χ3v) is 5.07. The van der Waals surface area contributed by atoms with Crippen molar-refractivity contribution >= 4 is 23.2 Å². The van der Waals surface area contributed by atoms with Gasteiger partial charge in [0.15, 0.2) is 0 Å². The summed E-state index contributed by atoms with van der Waals surface area (Å²) < 4.78 is 11.6. The number of fused-ring (bicyclic) bond motifs is 1. The predicted molar refractivity (Wildman–Crippen MR) is 103 cm³/mol. The first-order valence-electron chi connectivity index (χ1n) is 8.91. The van der Waals surface area contributed by atoms with Crippen molar-refractivity contribution in [3.63, 3.8) is 0 Å². The number of benzene rings is 2. The summed E-state index contributed by atoms with van der Waals surface area (Å²) in [6.07, 6.45) is 1.13. The monoisotopic (exact) mass is 382 g/mol. The van der Waals surface area contributed by atoms with Gasteiger partial charge in [-0.15, -0.1) is 11.6 Å². The molecule has 0 saturated carbocycles. The van der Waals surface area contributed by atoms with Crippen molar-refractivity contribution in [1.82, 2.24) is 0 Å². The van der Waals surface area contributed by atoms with Crippen molar-refractivity contribution in [2.24, 2.45) is 5.16 Å². The Hall–Kier alpha value is -2.71. The Balaban J connectivity index is 1.56. The molecule has 0 radical (unpaired) electrons. The normalized spacial score (nSPS) is 20.5. The smallest absolute Gasteiger partial charge is 0.292 e. The summed E-state index contributed by atoms with van der Waals surface area (Å²) in [4.78, 5) is 9.05. The Kier molecular flexibility index (Phi) is 4.67. The molecule has 2 aromatic rings. The molecule has 1 heterocycles. The van der Waals surface area contributed by atoms with E-state index in [9.17, 15) is 0 Å². The molecule has 0 N–H and O–H groups in total. The van der Waals surface area contributed by atoms with Crippen molar-refractivity contribution < 1.29 is 14.3 Å². The predicted octanol–water partition coefficient (Wildman–Crippen LogP) is 5.66. The van der Waals surface area contributed by atoms with Crippen molar-refractivity contribution in [1.29, 1.82) is 0 Å². The van der Waals surface area contributed by atoms with Crippen LogP contribution in [0.15, 0.2) is 41.6 Å². The average Bonchev–Trinajstić information content (AvgIpc) is 3.29. The lowest BCUT2D eigenvalue weighted by Crippen LogP contribution is -2.09. The van der Waals surface area contributed by atoms with E-state index in [0.717, 1.165) is 29.5 Å². The van der Waals surface area contributed by atoms with Crippen LogP contribution in [0.5, 0.6) is 5.75 Å². The van der Waals surface area contributed by atoms with E-state index in [0.29, 0.717) is 17.3 Å². The largest absolute Gasteiger partial charge is 0.502 e. The molecular formula is C21H19ClN2O3. The van der Waals surface area contributed by atoms with Crippen LogP contribution in [-0.2, 0) is 16.0 Å². The SMILES string of the molecule is [C-]#[N+]c1cc(C2ON=C(c3cccc4c3CCC4Cl)O2)ccc1OC(C)C. The van der Waals surface area contributed by atoms with Gasteiger partial charge in [-0.05, 0) is 61.2 Å². The molecular weight excluding hydrogens is 364 g/mol. The second kappa shape index (κ2) is 7.13. The summed E-state index contributed by atoms with van der Waals surface area (Å²) in [5, 5.41) is 4.17. The molecule has 0 bridgehead atoms. The van der Waals surface area contributed by atoms with Gasteiger partial charge in [-0.1, -0.05) is 18.2 Å². The summed E-state index contributed by atoms with van der Waals surface area (Å²) >= 11 is 6.38. The lowest BCUT2D eigenvalue weighted by Gasteiger charge is -2.15. The fourth-order valence-electron chi connectivity index (χ4n) is 3.41. The van der Waals surface area contributed by atoms with Crippen LogP contribution >= 0.6 is 11.6 Å². The van der Waals surface area contributed by atoms with Crippen LogP contribution < -0.4 is 4.74 Å². The number of halogens is 1. The molecule has 6 heteroatoms. The highest BCUT2D eigenvalue weighted by Crippen LogP contribution is 2.40. The molecule has 2 atom stereocenters. The van der Waals surface area contributed by atoms with Crippen molar-refractivity contribution in [2.75, 3.05) is 0 Å². The van der Waals surface area contributed by atoms with Crippen LogP contribution in [0, 0.1) is 6.57 Å². The first-order chi connectivity index (χ1) is 13.1. The second-order valence-corrected chi connectivity index (χ2v) is 7.36. The summed E-state index contributed by atoms with van der Waals surface area (Å²) in [5.41, 5.74) is 4.37. The first-order valence-corrected chi connectivity index (χ1v) is 9.35. The molecule has 2 aromatic carbocycles. The Morgan fingerprint density at radius 2 is 2.15 bits per heavy atom. The van der Waals surface area contributed by atoms with Crippen LogP contribution in [-0.4, -0.2) is 12.0 Å². The first kappa shape index (κ1) is 17.7. The highest BCUT2D eigenvalue weighted by molar-refractivity contribution is 6.21. The molecule has 2 unspecified atom stereocenters. The topological polar surface area (TPSA) is 44.4 Å². The van der Waals surface area contributed by atoms with E-state index in [1.54, 1.807) is 12.1 Å². The standard InChI is InChI=1S/C21H19ClN2O3/c1-12(2)25-19-10-7-13(11-18(19)23-3)21-26-20(24-27-21)16-6-4-5-15-14(16)8-9-17(15)22/h4-7,10-12,17,21H,8-9H2,1-2H3. The minimum Gasteiger partial charge on any atom is -0.502 e. The zero-order valence-corrected chi connectivity index (χ0v) is 15.9. The highest BCUT2D eigenvalue weighted by Gasteiger charge is 2.30. The maximum Gasteiger partial charge on any atom is 0.292 e. The van der Waals surface area contributed by atoms with Crippen LogP contribution in [0.1, 0.15) is 54.2 Å². The fourth-order valence-corrected chi connectivity index (χ4v) is 3.72. The molecule has 0 aromatic heterocycles. The average molecular weight is 383 g/mol. The maximum absolute atomic E-state index is 7.40. The lowest BCUT2D eigenvalue weighted by atomic mass is 10.0. The van der Waals surface area contributed by atoms with Crippen LogP contribution in [0.2, 0.25) is 0 Å². The van der Waals surface area contributed by atoms with E-state index in [1.807, 2.05) is 38.1 Å². The van der Waals surface area contributed by atoms with E-state index in [2.05, 4.69) is 10.0 Å². The van der Waals surface area contributed by atoms with Gasteiger partial charge in [-0.2, -0.15) is 0 Å². The zero-order valence-electron chi connectivity index (χ0n) is 15.1. The lowest BCUT2D eigenvalue weighted by molar-refractivity contribution is -0.0498. The molecule has 1 aliphatic heterocycles. The van der Waals surface area contributed by atoms with E-state index >= 15 is 0 Å². The molecule has 0 saturated heterocycles. The van der Waals surface area contributed by atoms with Gasteiger partial charge in [0.25, 0.3) is 12.2 Å². The highest BCUT2D eigenvalue weighted by atomic mass is 35.5. The number of nitrogens with zero attached hydrogens (tertiary/aromatic N) is 2. The van der Waals surface area contributed by atoms with Gasteiger partial charge in [0.05, 0.1) is 18.1 Å². The minimum absolute atomic E-state index is 0.00352. The van der Waals surface area contributed by atoms with Gasteiger partial charge < -0.3 is 14.3 Å². The van der Waals surface area contributed by atoms with E-state index in [-0.39, 0.29) is 11.5 Å².